The maximum atomic E-state index is 14.0. The lowest BCUT2D eigenvalue weighted by atomic mass is 10.1. The minimum absolute atomic E-state index is 0.110. The highest BCUT2D eigenvalue weighted by Gasteiger charge is 2.15. The summed E-state index contributed by atoms with van der Waals surface area (Å²) in [5, 5.41) is 10.2. The molecule has 3 aromatic heterocycles. The Balaban J connectivity index is 1.63. The molecule has 0 bridgehead atoms. The number of hydrogen-bond acceptors (Lipinski definition) is 5. The molecule has 0 atom stereocenters. The Hall–Kier alpha value is -3.26. The molecule has 2 aromatic carbocycles. The van der Waals surface area contributed by atoms with Crippen molar-refractivity contribution < 1.29 is 4.39 Å². The summed E-state index contributed by atoms with van der Waals surface area (Å²) in [7, 11) is 1.69. The van der Waals surface area contributed by atoms with Crippen LogP contribution < -0.4 is 5.56 Å². The van der Waals surface area contributed by atoms with E-state index >= 15 is 0 Å². The first-order valence-corrected chi connectivity index (χ1v) is 9.61. The molecule has 0 amide bonds. The Kier molecular flexibility index (Phi) is 3.87. The van der Waals surface area contributed by atoms with Gasteiger partial charge < -0.3 is 0 Å². The van der Waals surface area contributed by atoms with Gasteiger partial charge in [-0.05, 0) is 35.9 Å². The van der Waals surface area contributed by atoms with Crippen molar-refractivity contribution in [2.75, 3.05) is 0 Å². The van der Waals surface area contributed by atoms with Gasteiger partial charge in [0.2, 0.25) is 5.78 Å². The number of thioether (sulfide) groups is 1. The third kappa shape index (κ3) is 2.49. The third-order valence-electron chi connectivity index (χ3n) is 4.75. The Labute approximate surface area is 162 Å². The van der Waals surface area contributed by atoms with Crippen molar-refractivity contribution in [2.45, 2.75) is 10.9 Å². The lowest BCUT2D eigenvalue weighted by Gasteiger charge is -2.08. The second-order valence-electron chi connectivity index (χ2n) is 6.39. The average Bonchev–Trinajstić information content (AvgIpc) is 3.16. The number of aryl methyl sites for hydroxylation is 1. The number of aromatic nitrogens is 5. The quantitative estimate of drug-likeness (QED) is 0.440. The lowest BCUT2D eigenvalue weighted by Crippen LogP contribution is -2.20. The Morgan fingerprint density at radius 3 is 2.75 bits per heavy atom. The summed E-state index contributed by atoms with van der Waals surface area (Å²) in [6.45, 7) is 0. The second-order valence-corrected chi connectivity index (χ2v) is 7.34. The lowest BCUT2D eigenvalue weighted by molar-refractivity contribution is 0.639. The van der Waals surface area contributed by atoms with Gasteiger partial charge in [-0.3, -0.25) is 18.7 Å². The normalized spacial score (nSPS) is 11.6. The molecule has 0 N–H and O–H groups in total. The summed E-state index contributed by atoms with van der Waals surface area (Å²) in [4.78, 5) is 16.9. The number of rotatable bonds is 3. The van der Waals surface area contributed by atoms with Crippen LogP contribution in [-0.4, -0.2) is 24.1 Å². The summed E-state index contributed by atoms with van der Waals surface area (Å²) >= 11 is 1.47. The fraction of sp³-hybridized carbons (Fsp3) is 0.100. The monoisotopic (exact) mass is 391 g/mol. The zero-order chi connectivity index (χ0) is 19.3. The standard InChI is InChI=1S/C20H14FN5OS/c1-25-18(27)14-5-2-3-7-16(14)26-19(25)23-24-20(26)28-11-12-8-9-15(21)13-6-4-10-22-17(12)13/h2-10H,11H2,1H3. The topological polar surface area (TPSA) is 65.1 Å². The minimum Gasteiger partial charge on any atom is -0.279 e. The Morgan fingerprint density at radius 1 is 1.04 bits per heavy atom. The van der Waals surface area contributed by atoms with Crippen LogP contribution in [0.1, 0.15) is 5.56 Å². The number of halogens is 1. The molecular weight excluding hydrogens is 377 g/mol. The van der Waals surface area contributed by atoms with Crippen LogP contribution in [0, 0.1) is 5.82 Å². The molecular formula is C20H14FN5OS. The fourth-order valence-electron chi connectivity index (χ4n) is 3.36. The van der Waals surface area contributed by atoms with Gasteiger partial charge in [0.1, 0.15) is 5.82 Å². The van der Waals surface area contributed by atoms with Gasteiger partial charge >= 0.3 is 0 Å². The van der Waals surface area contributed by atoms with Crippen molar-refractivity contribution >= 4 is 39.3 Å². The maximum Gasteiger partial charge on any atom is 0.262 e. The van der Waals surface area contributed by atoms with E-state index < -0.39 is 0 Å². The van der Waals surface area contributed by atoms with Crippen molar-refractivity contribution in [3.05, 3.63) is 76.5 Å². The van der Waals surface area contributed by atoms with E-state index in [0.717, 1.165) is 11.1 Å². The van der Waals surface area contributed by atoms with E-state index in [1.54, 1.807) is 37.5 Å². The Bertz CT molecular complexity index is 1430. The number of pyridine rings is 1. The molecule has 0 saturated heterocycles. The van der Waals surface area contributed by atoms with E-state index in [-0.39, 0.29) is 11.4 Å². The van der Waals surface area contributed by atoms with E-state index in [9.17, 15) is 9.18 Å². The SMILES string of the molecule is Cn1c(=O)c2ccccc2n2c(SCc3ccc(F)c4cccnc34)nnc12. The molecule has 0 spiro atoms. The molecule has 8 heteroatoms. The first-order valence-electron chi connectivity index (χ1n) is 8.63. The summed E-state index contributed by atoms with van der Waals surface area (Å²) in [6.07, 6.45) is 1.66. The Morgan fingerprint density at radius 2 is 1.86 bits per heavy atom. The van der Waals surface area contributed by atoms with Crippen molar-refractivity contribution in [3.63, 3.8) is 0 Å². The van der Waals surface area contributed by atoms with Gasteiger partial charge in [0, 0.05) is 24.4 Å². The van der Waals surface area contributed by atoms with Gasteiger partial charge in [-0.15, -0.1) is 10.2 Å². The minimum atomic E-state index is -0.286. The summed E-state index contributed by atoms with van der Waals surface area (Å²) in [6, 6.07) is 14.0. The molecule has 0 radical (unpaired) electrons. The fourth-order valence-corrected chi connectivity index (χ4v) is 4.29. The number of benzene rings is 2. The van der Waals surface area contributed by atoms with Crippen molar-refractivity contribution in [3.8, 4) is 0 Å². The highest BCUT2D eigenvalue weighted by molar-refractivity contribution is 7.98. The summed E-state index contributed by atoms with van der Waals surface area (Å²) < 4.78 is 17.4. The molecule has 0 fully saturated rings. The number of nitrogens with zero attached hydrogens (tertiary/aromatic N) is 5. The van der Waals surface area contributed by atoms with Crippen LogP contribution in [-0.2, 0) is 12.8 Å². The number of hydrogen-bond donors (Lipinski definition) is 0. The molecule has 0 aliphatic heterocycles. The molecule has 0 aliphatic rings. The smallest absolute Gasteiger partial charge is 0.262 e. The molecule has 3 heterocycles. The molecule has 6 nitrogen and oxygen atoms in total. The van der Waals surface area contributed by atoms with Gasteiger partial charge in [-0.2, -0.15) is 0 Å². The zero-order valence-corrected chi connectivity index (χ0v) is 15.7. The average molecular weight is 391 g/mol. The largest absolute Gasteiger partial charge is 0.279 e. The van der Waals surface area contributed by atoms with Crippen molar-refractivity contribution in [1.29, 1.82) is 0 Å². The molecule has 0 aliphatic carbocycles. The van der Waals surface area contributed by atoms with Gasteiger partial charge in [-0.25, -0.2) is 4.39 Å². The molecule has 5 rings (SSSR count). The zero-order valence-electron chi connectivity index (χ0n) is 14.8. The highest BCUT2D eigenvalue weighted by Crippen LogP contribution is 2.28. The van der Waals surface area contributed by atoms with Gasteiger partial charge in [0.15, 0.2) is 5.16 Å². The van der Waals surface area contributed by atoms with E-state index in [1.807, 2.05) is 22.6 Å². The van der Waals surface area contributed by atoms with Gasteiger partial charge in [0.05, 0.1) is 16.4 Å². The predicted octanol–water partition coefficient (Wildman–Crippen LogP) is 3.56. The van der Waals surface area contributed by atoms with Crippen LogP contribution in [0.3, 0.4) is 0 Å². The summed E-state index contributed by atoms with van der Waals surface area (Å²) in [5.41, 5.74) is 2.20. The van der Waals surface area contributed by atoms with Crippen LogP contribution in [0.4, 0.5) is 4.39 Å². The van der Waals surface area contributed by atoms with Crippen LogP contribution in [0.15, 0.2) is 64.7 Å². The number of fused-ring (bicyclic) bond motifs is 4. The second kappa shape index (κ2) is 6.42. The molecule has 28 heavy (non-hydrogen) atoms. The van der Waals surface area contributed by atoms with Crippen molar-refractivity contribution in [1.82, 2.24) is 24.1 Å². The molecule has 0 saturated carbocycles. The predicted molar refractivity (Wildman–Crippen MR) is 107 cm³/mol. The van der Waals surface area contributed by atoms with Crippen LogP contribution >= 0.6 is 11.8 Å². The van der Waals surface area contributed by atoms with Crippen LogP contribution in [0.5, 0.6) is 0 Å². The maximum absolute atomic E-state index is 14.0. The van der Waals surface area contributed by atoms with Crippen molar-refractivity contribution in [2.24, 2.45) is 7.05 Å². The van der Waals surface area contributed by atoms with Crippen LogP contribution in [0.2, 0.25) is 0 Å². The van der Waals surface area contributed by atoms with E-state index in [0.29, 0.717) is 33.0 Å². The van der Waals surface area contributed by atoms with Gasteiger partial charge in [-0.1, -0.05) is 30.0 Å². The van der Waals surface area contributed by atoms with Crippen LogP contribution in [0.25, 0.3) is 27.6 Å². The molecule has 0 unspecified atom stereocenters. The highest BCUT2D eigenvalue weighted by atomic mass is 32.2. The first kappa shape index (κ1) is 16.9. The molecule has 138 valence electrons. The third-order valence-corrected chi connectivity index (χ3v) is 5.73. The van der Waals surface area contributed by atoms with E-state index in [4.69, 9.17) is 0 Å². The first-order chi connectivity index (χ1) is 13.6. The van der Waals surface area contributed by atoms with E-state index in [2.05, 4.69) is 15.2 Å². The van der Waals surface area contributed by atoms with E-state index in [1.165, 1.54) is 22.4 Å². The summed E-state index contributed by atoms with van der Waals surface area (Å²) in [5.74, 6) is 0.741. The van der Waals surface area contributed by atoms with Gasteiger partial charge in [0.25, 0.3) is 5.56 Å². The molecule has 5 aromatic rings. The number of para-hydroxylation sites is 1.